The predicted molar refractivity (Wildman–Crippen MR) is 61.9 cm³/mol. The fraction of sp³-hybridized carbons (Fsp3) is 0.700. The Kier molecular flexibility index (Phi) is 5.17. The van der Waals surface area contributed by atoms with Crippen LogP contribution in [0.3, 0.4) is 0 Å². The summed E-state index contributed by atoms with van der Waals surface area (Å²) in [4.78, 5) is 10.9. The van der Waals surface area contributed by atoms with E-state index in [-0.39, 0.29) is 6.42 Å². The van der Waals surface area contributed by atoms with Gasteiger partial charge in [-0.2, -0.15) is 0 Å². The van der Waals surface area contributed by atoms with Gasteiger partial charge in [0, 0.05) is 0 Å². The molecule has 0 saturated heterocycles. The van der Waals surface area contributed by atoms with Gasteiger partial charge in [-0.1, -0.05) is 5.57 Å². The molecule has 88 valence electrons. The zero-order valence-corrected chi connectivity index (χ0v) is 10.5. The number of carboxylic acids is 1. The SMILES string of the molecule is C=C(C)C[C@H](NS(=O)C(C)(C)C)C(=O)O. The number of hydrogen-bond acceptors (Lipinski definition) is 2. The number of nitrogens with one attached hydrogen (secondary N) is 1. The van der Waals surface area contributed by atoms with Crippen LogP contribution in [-0.4, -0.2) is 26.1 Å². The Morgan fingerprint density at radius 2 is 2.00 bits per heavy atom. The van der Waals surface area contributed by atoms with Crippen molar-refractivity contribution in [2.45, 2.75) is 44.9 Å². The summed E-state index contributed by atoms with van der Waals surface area (Å²) in [6.07, 6.45) is 0.289. The molecule has 0 heterocycles. The molecule has 15 heavy (non-hydrogen) atoms. The summed E-state index contributed by atoms with van der Waals surface area (Å²) in [6, 6.07) is -0.831. The summed E-state index contributed by atoms with van der Waals surface area (Å²) in [7, 11) is -1.38. The minimum absolute atomic E-state index is 0.289. The van der Waals surface area contributed by atoms with Crippen LogP contribution in [0.5, 0.6) is 0 Å². The Morgan fingerprint density at radius 3 is 2.27 bits per heavy atom. The highest BCUT2D eigenvalue weighted by Crippen LogP contribution is 2.11. The first-order valence-electron chi connectivity index (χ1n) is 4.70. The van der Waals surface area contributed by atoms with Crippen molar-refractivity contribution in [1.82, 2.24) is 4.72 Å². The maximum Gasteiger partial charge on any atom is 0.321 e. The van der Waals surface area contributed by atoms with Gasteiger partial charge in [-0.05, 0) is 34.1 Å². The Balaban J connectivity index is 4.50. The normalized spacial score (nSPS) is 15.7. The third kappa shape index (κ3) is 5.69. The minimum atomic E-state index is -1.38. The highest BCUT2D eigenvalue weighted by Gasteiger charge is 2.26. The Labute approximate surface area is 93.3 Å². The molecule has 0 bridgehead atoms. The molecule has 2 N–H and O–H groups in total. The molecular formula is C10H19NO3S. The standard InChI is InChI=1S/C10H19NO3S/c1-7(2)6-8(9(12)13)11-15(14)10(3,4)5/h8,11H,1,6H2,2-5H3,(H,12,13)/t8-,15?/m0/s1. The Morgan fingerprint density at radius 1 is 1.53 bits per heavy atom. The lowest BCUT2D eigenvalue weighted by atomic mass is 10.1. The quantitative estimate of drug-likeness (QED) is 0.706. The molecule has 0 aromatic heterocycles. The molecule has 0 aliphatic carbocycles. The third-order valence-corrected chi connectivity index (χ3v) is 3.27. The molecule has 0 aliphatic heterocycles. The maximum atomic E-state index is 11.7. The average Bonchev–Trinajstić information content (AvgIpc) is 1.99. The lowest BCUT2D eigenvalue weighted by molar-refractivity contribution is -0.138. The van der Waals surface area contributed by atoms with Gasteiger partial charge in [-0.3, -0.25) is 4.79 Å². The van der Waals surface area contributed by atoms with Gasteiger partial charge in [-0.15, -0.1) is 6.58 Å². The summed E-state index contributed by atoms with van der Waals surface area (Å²) in [6.45, 7) is 10.8. The van der Waals surface area contributed by atoms with Crippen LogP contribution in [0.2, 0.25) is 0 Å². The van der Waals surface area contributed by atoms with Gasteiger partial charge in [-0.25, -0.2) is 8.93 Å². The van der Waals surface area contributed by atoms with E-state index in [1.165, 1.54) is 0 Å². The first kappa shape index (κ1) is 14.3. The number of rotatable bonds is 5. The first-order valence-corrected chi connectivity index (χ1v) is 5.85. The van der Waals surface area contributed by atoms with E-state index in [1.807, 2.05) is 0 Å². The highest BCUT2D eigenvalue weighted by molar-refractivity contribution is 7.84. The molecule has 2 atom stereocenters. The first-order chi connectivity index (χ1) is 6.64. The average molecular weight is 233 g/mol. The molecular weight excluding hydrogens is 214 g/mol. The fourth-order valence-corrected chi connectivity index (χ4v) is 1.63. The fourth-order valence-electron chi connectivity index (χ4n) is 0.834. The van der Waals surface area contributed by atoms with Gasteiger partial charge in [0.05, 0.1) is 15.7 Å². The molecule has 0 amide bonds. The molecule has 0 spiro atoms. The molecule has 0 aromatic rings. The highest BCUT2D eigenvalue weighted by atomic mass is 32.2. The second-order valence-electron chi connectivity index (χ2n) is 4.55. The third-order valence-electron chi connectivity index (χ3n) is 1.66. The molecule has 0 rings (SSSR count). The van der Waals surface area contributed by atoms with Crippen LogP contribution < -0.4 is 4.72 Å². The number of aliphatic carboxylic acids is 1. The smallest absolute Gasteiger partial charge is 0.321 e. The lowest BCUT2D eigenvalue weighted by Crippen LogP contribution is -2.43. The van der Waals surface area contributed by atoms with Gasteiger partial charge in [0.25, 0.3) is 0 Å². The predicted octanol–water partition coefficient (Wildman–Crippen LogP) is 1.46. The van der Waals surface area contributed by atoms with E-state index < -0.39 is 27.7 Å². The second-order valence-corrected chi connectivity index (χ2v) is 6.55. The van der Waals surface area contributed by atoms with Crippen LogP contribution in [0.15, 0.2) is 12.2 Å². The van der Waals surface area contributed by atoms with Crippen LogP contribution in [-0.2, 0) is 15.8 Å². The summed E-state index contributed by atoms with van der Waals surface area (Å²) >= 11 is 0. The van der Waals surface area contributed by atoms with E-state index in [2.05, 4.69) is 11.3 Å². The monoisotopic (exact) mass is 233 g/mol. The van der Waals surface area contributed by atoms with Crippen molar-refractivity contribution in [1.29, 1.82) is 0 Å². The largest absolute Gasteiger partial charge is 0.480 e. The van der Waals surface area contributed by atoms with E-state index in [0.29, 0.717) is 0 Å². The molecule has 0 aliphatic rings. The van der Waals surface area contributed by atoms with E-state index in [4.69, 9.17) is 5.11 Å². The van der Waals surface area contributed by atoms with E-state index in [1.54, 1.807) is 27.7 Å². The van der Waals surface area contributed by atoms with Crippen molar-refractivity contribution in [3.05, 3.63) is 12.2 Å². The van der Waals surface area contributed by atoms with Crippen molar-refractivity contribution >= 4 is 17.0 Å². The summed E-state index contributed by atoms with van der Waals surface area (Å²) in [5, 5.41) is 8.90. The van der Waals surface area contributed by atoms with Gasteiger partial charge >= 0.3 is 5.97 Å². The lowest BCUT2D eigenvalue weighted by Gasteiger charge is -2.21. The van der Waals surface area contributed by atoms with E-state index >= 15 is 0 Å². The van der Waals surface area contributed by atoms with Crippen LogP contribution in [0.25, 0.3) is 0 Å². The van der Waals surface area contributed by atoms with Crippen LogP contribution >= 0.6 is 0 Å². The van der Waals surface area contributed by atoms with Crippen molar-refractivity contribution in [3.8, 4) is 0 Å². The minimum Gasteiger partial charge on any atom is -0.480 e. The molecule has 4 nitrogen and oxygen atoms in total. The van der Waals surface area contributed by atoms with Gasteiger partial charge < -0.3 is 5.11 Å². The van der Waals surface area contributed by atoms with E-state index in [0.717, 1.165) is 5.57 Å². The summed E-state index contributed by atoms with van der Waals surface area (Å²) in [5.41, 5.74) is 0.751. The topological polar surface area (TPSA) is 66.4 Å². The molecule has 0 saturated carbocycles. The van der Waals surface area contributed by atoms with Crippen molar-refractivity contribution in [2.75, 3.05) is 0 Å². The summed E-state index contributed by atoms with van der Waals surface area (Å²) < 4.78 is 13.8. The number of carboxylic acid groups (broad SMARTS) is 1. The van der Waals surface area contributed by atoms with Crippen LogP contribution in [0, 0.1) is 0 Å². The number of carbonyl (C=O) groups is 1. The Hall–Kier alpha value is -0.680. The Bertz CT molecular complexity index is 281. The zero-order valence-electron chi connectivity index (χ0n) is 9.66. The molecule has 0 radical (unpaired) electrons. The van der Waals surface area contributed by atoms with Crippen LogP contribution in [0.1, 0.15) is 34.1 Å². The van der Waals surface area contributed by atoms with Crippen molar-refractivity contribution < 1.29 is 14.1 Å². The molecule has 1 unspecified atom stereocenters. The van der Waals surface area contributed by atoms with Crippen molar-refractivity contribution in [2.24, 2.45) is 0 Å². The molecule has 0 aromatic carbocycles. The number of hydrogen-bond donors (Lipinski definition) is 2. The van der Waals surface area contributed by atoms with Gasteiger partial charge in [0.1, 0.15) is 6.04 Å². The van der Waals surface area contributed by atoms with Gasteiger partial charge in [0.15, 0.2) is 0 Å². The zero-order chi connectivity index (χ0) is 12.2. The molecule has 0 fully saturated rings. The maximum absolute atomic E-state index is 11.7. The molecule has 5 heteroatoms. The van der Waals surface area contributed by atoms with Crippen LogP contribution in [0.4, 0.5) is 0 Å². The van der Waals surface area contributed by atoms with E-state index in [9.17, 15) is 9.00 Å². The summed E-state index contributed by atoms with van der Waals surface area (Å²) in [5.74, 6) is -1.00. The van der Waals surface area contributed by atoms with Crippen molar-refractivity contribution in [3.63, 3.8) is 0 Å². The second kappa shape index (κ2) is 5.42. The van der Waals surface area contributed by atoms with Gasteiger partial charge in [0.2, 0.25) is 0 Å².